The number of nitrogens with zero attached hydrogens (tertiary/aromatic N) is 6. The van der Waals surface area contributed by atoms with Crippen molar-refractivity contribution in [3.8, 4) is 0 Å². The van der Waals surface area contributed by atoms with E-state index in [1.807, 2.05) is 11.5 Å². The van der Waals surface area contributed by atoms with Gasteiger partial charge in [-0.2, -0.15) is 10.1 Å². The Morgan fingerprint density at radius 1 is 1.35 bits per heavy atom. The Bertz CT molecular complexity index is 930. The number of aryl methyl sites for hydroxylation is 1. The molecule has 0 saturated heterocycles. The first-order valence-electron chi connectivity index (χ1n) is 7.62. The quantitative estimate of drug-likeness (QED) is 0.778. The topological polar surface area (TPSA) is 77.4 Å². The Balaban J connectivity index is 2.37. The summed E-state index contributed by atoms with van der Waals surface area (Å²) >= 11 is 0. The maximum Gasteiger partial charge on any atom is 0.332 e. The average molecular weight is 316 g/mol. The first kappa shape index (κ1) is 15.3. The van der Waals surface area contributed by atoms with Crippen LogP contribution in [0.2, 0.25) is 0 Å². The molecule has 0 radical (unpaired) electrons. The van der Waals surface area contributed by atoms with Crippen LogP contribution in [0.4, 0.5) is 5.95 Å². The monoisotopic (exact) mass is 316 g/mol. The van der Waals surface area contributed by atoms with Gasteiger partial charge in [0, 0.05) is 20.1 Å². The molecule has 3 rings (SSSR count). The third-order valence-corrected chi connectivity index (χ3v) is 3.87. The summed E-state index contributed by atoms with van der Waals surface area (Å²) in [6.07, 6.45) is 2.44. The molecule has 8 heteroatoms. The van der Waals surface area contributed by atoms with Gasteiger partial charge in [-0.25, -0.2) is 9.80 Å². The van der Waals surface area contributed by atoms with Gasteiger partial charge in [-0.3, -0.25) is 18.5 Å². The molecule has 2 aromatic rings. The Morgan fingerprint density at radius 3 is 2.74 bits per heavy atom. The molecule has 0 fully saturated rings. The Labute approximate surface area is 133 Å². The van der Waals surface area contributed by atoms with E-state index in [0.29, 0.717) is 30.2 Å². The largest absolute Gasteiger partial charge is 0.332 e. The number of allylic oxidation sites excluding steroid dienone is 1. The predicted molar refractivity (Wildman–Crippen MR) is 90.2 cm³/mol. The Morgan fingerprint density at radius 2 is 2.09 bits per heavy atom. The van der Waals surface area contributed by atoms with Gasteiger partial charge in [0.2, 0.25) is 5.95 Å². The van der Waals surface area contributed by atoms with E-state index in [2.05, 4.69) is 23.6 Å². The van der Waals surface area contributed by atoms with Crippen LogP contribution in [0.3, 0.4) is 0 Å². The van der Waals surface area contributed by atoms with Gasteiger partial charge in [0.05, 0.1) is 12.3 Å². The van der Waals surface area contributed by atoms with Crippen molar-refractivity contribution >= 4 is 22.8 Å². The second-order valence-corrected chi connectivity index (χ2v) is 5.67. The lowest BCUT2D eigenvalue weighted by Gasteiger charge is -2.24. The number of aromatic nitrogens is 4. The fourth-order valence-corrected chi connectivity index (χ4v) is 2.87. The zero-order chi connectivity index (χ0) is 16.7. The standard InChI is InChI=1S/C15H20N6O2/c1-5-7-19-13(22)11-12(18(4)15(19)23)16-14-20(11)9-10(3)17-21(14)8-6-2/h5H,1,6-9H2,2-4H3. The van der Waals surface area contributed by atoms with Crippen LogP contribution in [0.1, 0.15) is 20.3 Å². The lowest BCUT2D eigenvalue weighted by Crippen LogP contribution is -2.39. The van der Waals surface area contributed by atoms with Crippen LogP contribution >= 0.6 is 0 Å². The molecule has 3 heterocycles. The molecule has 0 unspecified atom stereocenters. The lowest BCUT2D eigenvalue weighted by molar-refractivity contribution is 0.663. The summed E-state index contributed by atoms with van der Waals surface area (Å²) in [5.74, 6) is 0.607. The van der Waals surface area contributed by atoms with E-state index < -0.39 is 5.69 Å². The molecule has 0 atom stereocenters. The van der Waals surface area contributed by atoms with Crippen molar-refractivity contribution in [3.05, 3.63) is 33.5 Å². The number of hydrogen-bond acceptors (Lipinski definition) is 5. The molecule has 23 heavy (non-hydrogen) atoms. The van der Waals surface area contributed by atoms with Crippen molar-refractivity contribution in [3.63, 3.8) is 0 Å². The molecule has 0 saturated carbocycles. The zero-order valence-corrected chi connectivity index (χ0v) is 13.6. The summed E-state index contributed by atoms with van der Waals surface area (Å²) in [5.41, 5.74) is 0.986. The van der Waals surface area contributed by atoms with Gasteiger partial charge in [0.25, 0.3) is 5.56 Å². The van der Waals surface area contributed by atoms with Gasteiger partial charge in [0.15, 0.2) is 11.2 Å². The zero-order valence-electron chi connectivity index (χ0n) is 13.6. The highest BCUT2D eigenvalue weighted by Gasteiger charge is 2.25. The number of imidazole rings is 1. The van der Waals surface area contributed by atoms with Gasteiger partial charge in [-0.1, -0.05) is 13.0 Å². The molecule has 1 aliphatic heterocycles. The van der Waals surface area contributed by atoms with Crippen LogP contribution in [-0.2, 0) is 20.1 Å². The highest BCUT2D eigenvalue weighted by atomic mass is 16.2. The second-order valence-electron chi connectivity index (χ2n) is 5.67. The number of anilines is 1. The Kier molecular flexibility index (Phi) is 3.67. The molecule has 0 aliphatic carbocycles. The van der Waals surface area contributed by atoms with Crippen LogP contribution in [-0.4, -0.2) is 30.9 Å². The fraction of sp³-hybridized carbons (Fsp3) is 0.467. The van der Waals surface area contributed by atoms with Crippen molar-refractivity contribution in [2.24, 2.45) is 12.1 Å². The van der Waals surface area contributed by atoms with E-state index in [0.717, 1.165) is 12.1 Å². The highest BCUT2D eigenvalue weighted by Crippen LogP contribution is 2.23. The van der Waals surface area contributed by atoms with E-state index >= 15 is 0 Å². The first-order chi connectivity index (χ1) is 11.0. The summed E-state index contributed by atoms with van der Waals surface area (Å²) in [4.78, 5) is 29.7. The average Bonchev–Trinajstić information content (AvgIpc) is 2.89. The van der Waals surface area contributed by atoms with Crippen molar-refractivity contribution in [2.75, 3.05) is 11.6 Å². The van der Waals surface area contributed by atoms with Gasteiger partial charge >= 0.3 is 5.69 Å². The van der Waals surface area contributed by atoms with E-state index in [-0.39, 0.29) is 12.1 Å². The third kappa shape index (κ3) is 2.21. The molecule has 0 aromatic carbocycles. The van der Waals surface area contributed by atoms with Gasteiger partial charge in [-0.05, 0) is 13.3 Å². The molecule has 0 N–H and O–H groups in total. The molecular weight excluding hydrogens is 296 g/mol. The fourth-order valence-electron chi connectivity index (χ4n) is 2.87. The van der Waals surface area contributed by atoms with Crippen molar-refractivity contribution in [2.45, 2.75) is 33.4 Å². The Hall–Kier alpha value is -2.64. The van der Waals surface area contributed by atoms with E-state index in [4.69, 9.17) is 0 Å². The number of fused-ring (bicyclic) bond motifs is 3. The van der Waals surface area contributed by atoms with Gasteiger partial charge in [0.1, 0.15) is 0 Å². The molecule has 0 bridgehead atoms. The lowest BCUT2D eigenvalue weighted by atomic mass is 10.3. The highest BCUT2D eigenvalue weighted by molar-refractivity contribution is 5.87. The smallest absolute Gasteiger partial charge is 0.297 e. The molecular formula is C15H20N6O2. The minimum absolute atomic E-state index is 0.174. The SMILES string of the molecule is C=CCn1c(=O)c2c(nc3n2CC(C)=NN3CCC)n(C)c1=O. The molecule has 8 nitrogen and oxygen atoms in total. The van der Waals surface area contributed by atoms with Crippen molar-refractivity contribution in [1.82, 2.24) is 18.7 Å². The number of rotatable bonds is 4. The summed E-state index contributed by atoms with van der Waals surface area (Å²) in [6, 6.07) is 0. The maximum atomic E-state index is 12.8. The van der Waals surface area contributed by atoms with E-state index in [9.17, 15) is 9.59 Å². The van der Waals surface area contributed by atoms with Crippen LogP contribution in [0.15, 0.2) is 27.3 Å². The van der Waals surface area contributed by atoms with Crippen LogP contribution in [0, 0.1) is 0 Å². The maximum absolute atomic E-state index is 12.8. The van der Waals surface area contributed by atoms with Gasteiger partial charge in [-0.15, -0.1) is 6.58 Å². The second kappa shape index (κ2) is 5.53. The summed E-state index contributed by atoms with van der Waals surface area (Å²) in [7, 11) is 1.63. The van der Waals surface area contributed by atoms with E-state index in [1.165, 1.54) is 15.2 Å². The number of hydrogen-bond donors (Lipinski definition) is 0. The van der Waals surface area contributed by atoms with E-state index in [1.54, 1.807) is 12.1 Å². The molecule has 2 aromatic heterocycles. The minimum Gasteiger partial charge on any atom is -0.297 e. The predicted octanol–water partition coefficient (Wildman–Crippen LogP) is 0.689. The van der Waals surface area contributed by atoms with Crippen LogP contribution in [0.5, 0.6) is 0 Å². The summed E-state index contributed by atoms with van der Waals surface area (Å²) in [5, 5.41) is 6.30. The molecule has 122 valence electrons. The van der Waals surface area contributed by atoms with Crippen LogP contribution < -0.4 is 16.3 Å². The van der Waals surface area contributed by atoms with Crippen molar-refractivity contribution in [1.29, 1.82) is 0 Å². The first-order valence-corrected chi connectivity index (χ1v) is 7.62. The summed E-state index contributed by atoms with van der Waals surface area (Å²) in [6.45, 7) is 8.96. The minimum atomic E-state index is -0.391. The normalized spacial score (nSPS) is 14.0. The summed E-state index contributed by atoms with van der Waals surface area (Å²) < 4.78 is 4.43. The van der Waals surface area contributed by atoms with Crippen molar-refractivity contribution < 1.29 is 0 Å². The van der Waals surface area contributed by atoms with Crippen LogP contribution in [0.25, 0.3) is 11.2 Å². The van der Waals surface area contributed by atoms with Gasteiger partial charge < -0.3 is 0 Å². The third-order valence-electron chi connectivity index (χ3n) is 3.87. The molecule has 0 spiro atoms. The number of hydrazone groups is 1. The molecule has 0 amide bonds. The molecule has 1 aliphatic rings.